The zero-order chi connectivity index (χ0) is 13.1. The number of benzene rings is 1. The maximum atomic E-state index is 11.0. The van der Waals surface area contributed by atoms with E-state index in [9.17, 15) is 4.79 Å². The molecule has 2 aromatic rings. The summed E-state index contributed by atoms with van der Waals surface area (Å²) in [5.41, 5.74) is 5.80. The van der Waals surface area contributed by atoms with Crippen molar-refractivity contribution in [3.05, 3.63) is 41.1 Å². The van der Waals surface area contributed by atoms with E-state index in [1.165, 1.54) is 5.56 Å². The zero-order valence-corrected chi connectivity index (χ0v) is 10.5. The number of nitrogens with zero attached hydrogens (tertiary/aromatic N) is 1. The topological polar surface area (TPSA) is 62.2 Å². The Hall–Kier alpha value is -1.94. The second-order valence-corrected chi connectivity index (χ2v) is 4.49. The first-order chi connectivity index (χ1) is 8.60. The number of hydroxylamine groups is 1. The lowest BCUT2D eigenvalue weighted by Crippen LogP contribution is -2.18. The van der Waals surface area contributed by atoms with Crippen LogP contribution in [0.5, 0.6) is 0 Å². The van der Waals surface area contributed by atoms with Crippen LogP contribution in [0.2, 0.25) is 0 Å². The van der Waals surface area contributed by atoms with Crippen LogP contribution < -0.4 is 5.48 Å². The van der Waals surface area contributed by atoms with E-state index < -0.39 is 5.91 Å². The highest BCUT2D eigenvalue weighted by atomic mass is 16.5. The molecule has 0 aliphatic heterocycles. The molecule has 0 saturated heterocycles. The average Bonchev–Trinajstić information content (AvgIpc) is 2.37. The number of fused-ring (bicyclic) bond motifs is 1. The lowest BCUT2D eigenvalue weighted by molar-refractivity contribution is -0.129. The average molecular weight is 244 g/mol. The molecule has 0 aliphatic carbocycles. The summed E-state index contributed by atoms with van der Waals surface area (Å²) < 4.78 is 0. The third kappa shape index (κ3) is 2.65. The van der Waals surface area contributed by atoms with Crippen LogP contribution in [-0.4, -0.2) is 16.1 Å². The van der Waals surface area contributed by atoms with E-state index in [2.05, 4.69) is 18.0 Å². The van der Waals surface area contributed by atoms with Crippen molar-refractivity contribution >= 4 is 16.8 Å². The molecule has 4 nitrogen and oxygen atoms in total. The van der Waals surface area contributed by atoms with Gasteiger partial charge in [-0.1, -0.05) is 11.6 Å². The van der Waals surface area contributed by atoms with Crippen molar-refractivity contribution in [3.8, 4) is 0 Å². The molecule has 1 amide bonds. The first-order valence-corrected chi connectivity index (χ1v) is 5.90. The van der Waals surface area contributed by atoms with Gasteiger partial charge in [0.05, 0.1) is 5.52 Å². The minimum Gasteiger partial charge on any atom is -0.289 e. The van der Waals surface area contributed by atoms with Crippen molar-refractivity contribution in [1.82, 2.24) is 10.5 Å². The number of carbonyl (C=O) groups excluding carboxylic acids is 1. The highest BCUT2D eigenvalue weighted by Crippen LogP contribution is 2.19. The monoisotopic (exact) mass is 244 g/mol. The minimum atomic E-state index is -0.390. The summed E-state index contributed by atoms with van der Waals surface area (Å²) in [7, 11) is 0. The molecule has 0 saturated carbocycles. The molecule has 2 N–H and O–H groups in total. The Morgan fingerprint density at radius 2 is 2.11 bits per heavy atom. The molecule has 0 unspecified atom stereocenters. The van der Waals surface area contributed by atoms with Crippen molar-refractivity contribution < 1.29 is 10.0 Å². The Bertz CT molecular complexity index is 594. The van der Waals surface area contributed by atoms with E-state index in [1.54, 1.807) is 5.48 Å². The fourth-order valence-electron chi connectivity index (χ4n) is 2.00. The first kappa shape index (κ1) is 12.5. The van der Waals surface area contributed by atoms with E-state index in [4.69, 9.17) is 5.21 Å². The van der Waals surface area contributed by atoms with Crippen LogP contribution >= 0.6 is 0 Å². The summed E-state index contributed by atoms with van der Waals surface area (Å²) in [6.07, 6.45) is 0.761. The molecule has 0 atom stereocenters. The van der Waals surface area contributed by atoms with E-state index in [0.717, 1.165) is 22.2 Å². The van der Waals surface area contributed by atoms with Gasteiger partial charge in [-0.15, -0.1) is 0 Å². The van der Waals surface area contributed by atoms with Gasteiger partial charge < -0.3 is 0 Å². The van der Waals surface area contributed by atoms with Gasteiger partial charge in [-0.05, 0) is 44.0 Å². The molecule has 4 heteroatoms. The Morgan fingerprint density at radius 1 is 1.33 bits per heavy atom. The largest absolute Gasteiger partial charge is 0.289 e. The SMILES string of the molecule is Cc1ccc2nc(CCC(=O)NO)cc(C)c2c1. The number of amides is 1. The van der Waals surface area contributed by atoms with Crippen LogP contribution in [0, 0.1) is 13.8 Å². The molecule has 2 rings (SSSR count). The van der Waals surface area contributed by atoms with Crippen molar-refractivity contribution in [2.24, 2.45) is 0 Å². The van der Waals surface area contributed by atoms with Crippen LogP contribution in [0.15, 0.2) is 24.3 Å². The van der Waals surface area contributed by atoms with Crippen LogP contribution in [0.1, 0.15) is 23.2 Å². The number of aryl methyl sites for hydroxylation is 3. The van der Waals surface area contributed by atoms with Gasteiger partial charge in [0.25, 0.3) is 0 Å². The normalized spacial score (nSPS) is 10.6. The van der Waals surface area contributed by atoms with Gasteiger partial charge in [0.2, 0.25) is 5.91 Å². The summed E-state index contributed by atoms with van der Waals surface area (Å²) in [5.74, 6) is -0.390. The Balaban J connectivity index is 2.31. The van der Waals surface area contributed by atoms with Crippen LogP contribution in [0.3, 0.4) is 0 Å². The highest BCUT2D eigenvalue weighted by Gasteiger charge is 2.05. The molecule has 0 spiro atoms. The van der Waals surface area contributed by atoms with Crippen molar-refractivity contribution in [3.63, 3.8) is 0 Å². The number of pyridine rings is 1. The number of hydrogen-bond donors (Lipinski definition) is 2. The van der Waals surface area contributed by atoms with E-state index in [0.29, 0.717) is 6.42 Å². The summed E-state index contributed by atoms with van der Waals surface area (Å²) in [5, 5.41) is 9.59. The Labute approximate surface area is 106 Å². The molecule has 1 aromatic heterocycles. The Kier molecular flexibility index (Phi) is 3.58. The number of carbonyl (C=O) groups is 1. The second kappa shape index (κ2) is 5.14. The fraction of sp³-hybridized carbons (Fsp3) is 0.286. The molecule has 1 aromatic carbocycles. The molecule has 0 bridgehead atoms. The standard InChI is InChI=1S/C14H16N2O2/c1-9-3-5-13-12(7-9)10(2)8-11(15-13)4-6-14(17)16-18/h3,5,7-8,18H,4,6H2,1-2H3,(H,16,17). The molecule has 1 heterocycles. The molecule has 0 fully saturated rings. The highest BCUT2D eigenvalue weighted by molar-refractivity contribution is 5.83. The lowest BCUT2D eigenvalue weighted by Gasteiger charge is -2.07. The third-order valence-electron chi connectivity index (χ3n) is 2.96. The van der Waals surface area contributed by atoms with Crippen molar-refractivity contribution in [2.45, 2.75) is 26.7 Å². The predicted octanol–water partition coefficient (Wildman–Crippen LogP) is 2.29. The number of rotatable bonds is 3. The fourth-order valence-corrected chi connectivity index (χ4v) is 2.00. The lowest BCUT2D eigenvalue weighted by atomic mass is 10.0. The quantitative estimate of drug-likeness (QED) is 0.643. The Morgan fingerprint density at radius 3 is 2.83 bits per heavy atom. The van der Waals surface area contributed by atoms with Gasteiger partial charge in [-0.25, -0.2) is 5.48 Å². The molecule has 0 radical (unpaired) electrons. The minimum absolute atomic E-state index is 0.236. The van der Waals surface area contributed by atoms with Gasteiger partial charge in [0, 0.05) is 17.5 Å². The van der Waals surface area contributed by atoms with Gasteiger partial charge in [0.1, 0.15) is 0 Å². The molecule has 0 aliphatic rings. The van der Waals surface area contributed by atoms with Crippen LogP contribution in [-0.2, 0) is 11.2 Å². The second-order valence-electron chi connectivity index (χ2n) is 4.49. The number of hydrogen-bond acceptors (Lipinski definition) is 3. The van der Waals surface area contributed by atoms with Crippen molar-refractivity contribution in [1.29, 1.82) is 0 Å². The van der Waals surface area contributed by atoms with Crippen LogP contribution in [0.4, 0.5) is 0 Å². The summed E-state index contributed by atoms with van der Waals surface area (Å²) in [6, 6.07) is 8.13. The number of nitrogens with one attached hydrogen (secondary N) is 1. The number of aromatic nitrogens is 1. The third-order valence-corrected chi connectivity index (χ3v) is 2.96. The summed E-state index contributed by atoms with van der Waals surface area (Å²) in [6.45, 7) is 4.09. The zero-order valence-electron chi connectivity index (χ0n) is 10.5. The van der Waals surface area contributed by atoms with E-state index in [1.807, 2.05) is 25.1 Å². The van der Waals surface area contributed by atoms with Crippen molar-refractivity contribution in [2.75, 3.05) is 0 Å². The maximum absolute atomic E-state index is 11.0. The molecule has 94 valence electrons. The van der Waals surface area contributed by atoms with Gasteiger partial charge in [-0.3, -0.25) is 15.0 Å². The van der Waals surface area contributed by atoms with Crippen LogP contribution in [0.25, 0.3) is 10.9 Å². The first-order valence-electron chi connectivity index (χ1n) is 5.90. The molecular formula is C14H16N2O2. The maximum Gasteiger partial charge on any atom is 0.243 e. The molecular weight excluding hydrogens is 228 g/mol. The summed E-state index contributed by atoms with van der Waals surface area (Å²) >= 11 is 0. The van der Waals surface area contributed by atoms with Gasteiger partial charge in [-0.2, -0.15) is 0 Å². The van der Waals surface area contributed by atoms with E-state index >= 15 is 0 Å². The van der Waals surface area contributed by atoms with Gasteiger partial charge >= 0.3 is 0 Å². The summed E-state index contributed by atoms with van der Waals surface area (Å²) in [4.78, 5) is 15.5. The van der Waals surface area contributed by atoms with E-state index in [-0.39, 0.29) is 6.42 Å². The predicted molar refractivity (Wildman–Crippen MR) is 69.5 cm³/mol. The smallest absolute Gasteiger partial charge is 0.243 e. The van der Waals surface area contributed by atoms with Gasteiger partial charge in [0.15, 0.2) is 0 Å². The molecule has 18 heavy (non-hydrogen) atoms.